The maximum atomic E-state index is 12.1. The topological polar surface area (TPSA) is 47.6 Å². The molecule has 0 spiro atoms. The second kappa shape index (κ2) is 7.50. The minimum Gasteiger partial charge on any atom is -0.493 e. The molecule has 2 aromatic carbocycles. The molecule has 0 aromatic heterocycles. The summed E-state index contributed by atoms with van der Waals surface area (Å²) in [5.41, 5.74) is 2.93. The molecule has 0 bridgehead atoms. The van der Waals surface area contributed by atoms with E-state index in [1.54, 1.807) is 20.3 Å². The lowest BCUT2D eigenvalue weighted by atomic mass is 10.1. The lowest BCUT2D eigenvalue weighted by molar-refractivity contribution is -0.115. The first-order valence-electron chi connectivity index (χ1n) is 7.26. The Morgan fingerprint density at radius 3 is 2.18 bits per heavy atom. The van der Waals surface area contributed by atoms with Crippen molar-refractivity contribution in [3.05, 3.63) is 53.6 Å². The Balaban J connectivity index is 2.02. The third-order valence-electron chi connectivity index (χ3n) is 3.46. The second-order valence-corrected chi connectivity index (χ2v) is 4.96. The molecule has 22 heavy (non-hydrogen) atoms. The van der Waals surface area contributed by atoms with Crippen LogP contribution in [0.2, 0.25) is 0 Å². The highest BCUT2D eigenvalue weighted by molar-refractivity contribution is 5.92. The van der Waals surface area contributed by atoms with Gasteiger partial charge in [-0.3, -0.25) is 4.79 Å². The SMILES string of the molecule is CCc1ccc(NC(=O)Cc2ccc(OC)c(OC)c2)cc1. The smallest absolute Gasteiger partial charge is 0.228 e. The van der Waals surface area contributed by atoms with Crippen molar-refractivity contribution in [2.75, 3.05) is 19.5 Å². The number of nitrogens with one attached hydrogen (secondary N) is 1. The predicted molar refractivity (Wildman–Crippen MR) is 87.7 cm³/mol. The van der Waals surface area contributed by atoms with Crippen LogP contribution >= 0.6 is 0 Å². The molecular formula is C18H21NO3. The Bertz CT molecular complexity index is 635. The molecule has 4 heteroatoms. The first kappa shape index (κ1) is 15.9. The van der Waals surface area contributed by atoms with E-state index in [9.17, 15) is 4.79 Å². The number of carbonyl (C=O) groups excluding carboxylic acids is 1. The van der Waals surface area contributed by atoms with E-state index < -0.39 is 0 Å². The minimum absolute atomic E-state index is 0.0588. The zero-order valence-electron chi connectivity index (χ0n) is 13.2. The van der Waals surface area contributed by atoms with Gasteiger partial charge in [-0.2, -0.15) is 0 Å². The van der Waals surface area contributed by atoms with Gasteiger partial charge in [0.15, 0.2) is 11.5 Å². The number of benzene rings is 2. The van der Waals surface area contributed by atoms with E-state index in [-0.39, 0.29) is 12.3 Å². The molecule has 1 amide bonds. The van der Waals surface area contributed by atoms with Gasteiger partial charge in [-0.25, -0.2) is 0 Å². The molecule has 0 fully saturated rings. The normalized spacial score (nSPS) is 10.1. The summed E-state index contributed by atoms with van der Waals surface area (Å²) in [5, 5.41) is 2.90. The Kier molecular flexibility index (Phi) is 5.42. The summed E-state index contributed by atoms with van der Waals surface area (Å²) in [6.45, 7) is 2.10. The third-order valence-corrected chi connectivity index (χ3v) is 3.46. The lowest BCUT2D eigenvalue weighted by Crippen LogP contribution is -2.14. The molecule has 0 heterocycles. The highest BCUT2D eigenvalue weighted by Crippen LogP contribution is 2.27. The van der Waals surface area contributed by atoms with E-state index in [0.717, 1.165) is 17.7 Å². The number of hydrogen-bond acceptors (Lipinski definition) is 3. The summed E-state index contributed by atoms with van der Waals surface area (Å²) in [7, 11) is 3.17. The molecule has 1 N–H and O–H groups in total. The van der Waals surface area contributed by atoms with Crippen molar-refractivity contribution in [1.82, 2.24) is 0 Å². The Labute approximate surface area is 131 Å². The fourth-order valence-corrected chi connectivity index (χ4v) is 2.20. The molecule has 116 valence electrons. The molecule has 2 aromatic rings. The number of anilines is 1. The second-order valence-electron chi connectivity index (χ2n) is 4.96. The van der Waals surface area contributed by atoms with Crippen LogP contribution in [0, 0.1) is 0 Å². The van der Waals surface area contributed by atoms with Crippen molar-refractivity contribution in [2.45, 2.75) is 19.8 Å². The molecule has 0 saturated heterocycles. The van der Waals surface area contributed by atoms with Crippen LogP contribution in [0.25, 0.3) is 0 Å². The van der Waals surface area contributed by atoms with Gasteiger partial charge < -0.3 is 14.8 Å². The highest BCUT2D eigenvalue weighted by atomic mass is 16.5. The van der Waals surface area contributed by atoms with Gasteiger partial charge in [0.1, 0.15) is 0 Å². The van der Waals surface area contributed by atoms with Gasteiger partial charge >= 0.3 is 0 Å². The quantitative estimate of drug-likeness (QED) is 0.888. The van der Waals surface area contributed by atoms with Crippen molar-refractivity contribution in [3.8, 4) is 11.5 Å². The van der Waals surface area contributed by atoms with E-state index in [2.05, 4.69) is 12.2 Å². The predicted octanol–water partition coefficient (Wildman–Crippen LogP) is 3.45. The third kappa shape index (κ3) is 4.01. The van der Waals surface area contributed by atoms with Crippen molar-refractivity contribution >= 4 is 11.6 Å². The van der Waals surface area contributed by atoms with E-state index in [1.165, 1.54) is 5.56 Å². The molecule has 0 aliphatic rings. The van der Waals surface area contributed by atoms with Gasteiger partial charge in [-0.1, -0.05) is 25.1 Å². The lowest BCUT2D eigenvalue weighted by Gasteiger charge is -2.10. The number of aryl methyl sites for hydroxylation is 1. The van der Waals surface area contributed by atoms with Crippen LogP contribution in [-0.2, 0) is 17.6 Å². The molecule has 0 saturated carbocycles. The number of ether oxygens (including phenoxy) is 2. The van der Waals surface area contributed by atoms with E-state index in [4.69, 9.17) is 9.47 Å². The summed E-state index contributed by atoms with van der Waals surface area (Å²) in [6, 6.07) is 13.4. The van der Waals surface area contributed by atoms with Crippen molar-refractivity contribution in [1.29, 1.82) is 0 Å². The van der Waals surface area contributed by atoms with Gasteiger partial charge in [0.05, 0.1) is 20.6 Å². The standard InChI is InChI=1S/C18H21NO3/c1-4-13-5-8-15(9-6-13)19-18(20)12-14-7-10-16(21-2)17(11-14)22-3/h5-11H,4,12H2,1-3H3,(H,19,20). The van der Waals surface area contributed by atoms with Gasteiger partial charge in [0, 0.05) is 5.69 Å². The molecule has 2 rings (SSSR count). The largest absolute Gasteiger partial charge is 0.493 e. The van der Waals surface area contributed by atoms with Crippen LogP contribution in [0.3, 0.4) is 0 Å². The zero-order chi connectivity index (χ0) is 15.9. The van der Waals surface area contributed by atoms with Crippen molar-refractivity contribution in [3.63, 3.8) is 0 Å². The molecule has 0 radical (unpaired) electrons. The van der Waals surface area contributed by atoms with Crippen LogP contribution in [-0.4, -0.2) is 20.1 Å². The van der Waals surface area contributed by atoms with Gasteiger partial charge in [0.25, 0.3) is 0 Å². The van der Waals surface area contributed by atoms with Crippen LogP contribution < -0.4 is 14.8 Å². The highest BCUT2D eigenvalue weighted by Gasteiger charge is 2.08. The first-order chi connectivity index (χ1) is 10.7. The fraction of sp³-hybridized carbons (Fsp3) is 0.278. The summed E-state index contributed by atoms with van der Waals surface area (Å²) in [5.74, 6) is 1.22. The fourth-order valence-electron chi connectivity index (χ4n) is 2.20. The monoisotopic (exact) mass is 299 g/mol. The summed E-state index contributed by atoms with van der Waals surface area (Å²) in [6.07, 6.45) is 1.27. The van der Waals surface area contributed by atoms with E-state index in [0.29, 0.717) is 11.5 Å². The number of hydrogen-bond donors (Lipinski definition) is 1. The maximum absolute atomic E-state index is 12.1. The van der Waals surface area contributed by atoms with Gasteiger partial charge in [0.2, 0.25) is 5.91 Å². The number of amides is 1. The van der Waals surface area contributed by atoms with Crippen LogP contribution in [0.4, 0.5) is 5.69 Å². The number of rotatable bonds is 6. The molecule has 0 aliphatic heterocycles. The Morgan fingerprint density at radius 1 is 0.955 bits per heavy atom. The van der Waals surface area contributed by atoms with Gasteiger partial charge in [-0.05, 0) is 41.8 Å². The average Bonchev–Trinajstić information content (AvgIpc) is 2.55. The summed E-state index contributed by atoms with van der Waals surface area (Å²) in [4.78, 5) is 12.1. The Morgan fingerprint density at radius 2 is 1.59 bits per heavy atom. The Hall–Kier alpha value is -2.49. The zero-order valence-corrected chi connectivity index (χ0v) is 13.2. The number of methoxy groups -OCH3 is 2. The molecule has 0 aliphatic carbocycles. The van der Waals surface area contributed by atoms with E-state index >= 15 is 0 Å². The van der Waals surface area contributed by atoms with Crippen LogP contribution in [0.5, 0.6) is 11.5 Å². The molecular weight excluding hydrogens is 278 g/mol. The minimum atomic E-state index is -0.0588. The van der Waals surface area contributed by atoms with Crippen molar-refractivity contribution < 1.29 is 14.3 Å². The van der Waals surface area contributed by atoms with Crippen LogP contribution in [0.1, 0.15) is 18.1 Å². The molecule has 4 nitrogen and oxygen atoms in total. The van der Waals surface area contributed by atoms with E-state index in [1.807, 2.05) is 36.4 Å². The molecule has 0 unspecified atom stereocenters. The average molecular weight is 299 g/mol. The molecule has 0 atom stereocenters. The maximum Gasteiger partial charge on any atom is 0.228 e. The van der Waals surface area contributed by atoms with Crippen molar-refractivity contribution in [2.24, 2.45) is 0 Å². The van der Waals surface area contributed by atoms with Gasteiger partial charge in [-0.15, -0.1) is 0 Å². The summed E-state index contributed by atoms with van der Waals surface area (Å²) >= 11 is 0. The number of carbonyl (C=O) groups is 1. The first-order valence-corrected chi connectivity index (χ1v) is 7.26. The van der Waals surface area contributed by atoms with Crippen LogP contribution in [0.15, 0.2) is 42.5 Å². The summed E-state index contributed by atoms with van der Waals surface area (Å²) < 4.78 is 10.4.